The SMILES string of the molecule is CN(C)CCCOCC12CC(C(=O)O)N(C(=O)CNC(=O)c3ccc4c(c3)-c3ccccc3C4(F)F)C1C2. The molecule has 2 N–H and O–H groups in total. The molecule has 3 aliphatic rings. The fraction of sp³-hybridized carbons (Fsp3) is 0.464. The van der Waals surface area contributed by atoms with E-state index in [0.29, 0.717) is 31.6 Å². The third-order valence-corrected chi connectivity index (χ3v) is 7.85. The van der Waals surface area contributed by atoms with E-state index in [4.69, 9.17) is 4.74 Å². The van der Waals surface area contributed by atoms with Crippen molar-refractivity contribution in [1.82, 2.24) is 15.1 Å². The largest absolute Gasteiger partial charge is 0.480 e. The lowest BCUT2D eigenvalue weighted by Crippen LogP contribution is -2.47. The van der Waals surface area contributed by atoms with Gasteiger partial charge in [0.15, 0.2) is 0 Å². The quantitative estimate of drug-likeness (QED) is 0.461. The van der Waals surface area contributed by atoms with Crippen LogP contribution in [0.1, 0.15) is 40.7 Å². The van der Waals surface area contributed by atoms with Crippen LogP contribution in [0.4, 0.5) is 8.78 Å². The van der Waals surface area contributed by atoms with Crippen LogP contribution in [0.25, 0.3) is 11.1 Å². The molecule has 2 aliphatic carbocycles. The highest BCUT2D eigenvalue weighted by Gasteiger charge is 2.67. The van der Waals surface area contributed by atoms with Crippen molar-refractivity contribution in [3.05, 3.63) is 59.2 Å². The summed E-state index contributed by atoms with van der Waals surface area (Å²) in [6.07, 6.45) is 1.85. The number of nitrogens with one attached hydrogen (secondary N) is 1. The number of halogens is 2. The summed E-state index contributed by atoms with van der Waals surface area (Å²) in [4.78, 5) is 41.2. The Morgan fingerprint density at radius 2 is 1.84 bits per heavy atom. The number of likely N-dealkylation sites (tertiary alicyclic amines) is 1. The van der Waals surface area contributed by atoms with Crippen molar-refractivity contribution in [2.75, 3.05) is 40.4 Å². The molecule has 5 rings (SSSR count). The Labute approximate surface area is 219 Å². The van der Waals surface area contributed by atoms with Crippen LogP contribution in [-0.4, -0.2) is 85.2 Å². The molecule has 2 fully saturated rings. The molecule has 2 aromatic carbocycles. The molecule has 2 aromatic rings. The Kier molecular flexibility index (Phi) is 6.73. The fourth-order valence-electron chi connectivity index (χ4n) is 5.83. The van der Waals surface area contributed by atoms with Crippen molar-refractivity contribution in [3.8, 4) is 11.1 Å². The number of carboxylic acid groups (broad SMARTS) is 1. The van der Waals surface area contributed by atoms with Gasteiger partial charge >= 0.3 is 5.97 Å². The number of carboxylic acids is 1. The molecule has 1 saturated carbocycles. The van der Waals surface area contributed by atoms with Crippen LogP contribution in [0, 0.1) is 5.41 Å². The molecule has 38 heavy (non-hydrogen) atoms. The lowest BCUT2D eigenvalue weighted by Gasteiger charge is -2.24. The van der Waals surface area contributed by atoms with Crippen LogP contribution in [0.3, 0.4) is 0 Å². The van der Waals surface area contributed by atoms with Crippen molar-refractivity contribution in [1.29, 1.82) is 0 Å². The topological polar surface area (TPSA) is 99.2 Å². The molecule has 0 spiro atoms. The van der Waals surface area contributed by atoms with Gasteiger partial charge in [0.1, 0.15) is 6.04 Å². The molecule has 1 heterocycles. The molecule has 202 valence electrons. The van der Waals surface area contributed by atoms with E-state index < -0.39 is 29.7 Å². The Morgan fingerprint density at radius 1 is 1.11 bits per heavy atom. The molecule has 3 atom stereocenters. The van der Waals surface area contributed by atoms with Crippen LogP contribution in [0.2, 0.25) is 0 Å². The van der Waals surface area contributed by atoms with Gasteiger partial charge in [0.2, 0.25) is 5.91 Å². The third kappa shape index (κ3) is 4.56. The summed E-state index contributed by atoms with van der Waals surface area (Å²) in [6, 6.07) is 8.93. The van der Waals surface area contributed by atoms with E-state index in [1.54, 1.807) is 18.2 Å². The van der Waals surface area contributed by atoms with Gasteiger partial charge in [-0.1, -0.05) is 30.3 Å². The van der Waals surface area contributed by atoms with Gasteiger partial charge in [-0.25, -0.2) is 4.79 Å². The predicted octanol–water partition coefficient (Wildman–Crippen LogP) is 2.95. The first-order valence-electron chi connectivity index (χ1n) is 12.7. The zero-order valence-electron chi connectivity index (χ0n) is 21.4. The minimum atomic E-state index is -3.15. The van der Waals surface area contributed by atoms with Crippen molar-refractivity contribution in [3.63, 3.8) is 0 Å². The number of ether oxygens (including phenoxy) is 1. The van der Waals surface area contributed by atoms with Gasteiger partial charge in [-0.05, 0) is 63.2 Å². The van der Waals surface area contributed by atoms with Gasteiger partial charge in [-0.3, -0.25) is 9.59 Å². The second-order valence-corrected chi connectivity index (χ2v) is 10.7. The Morgan fingerprint density at radius 3 is 2.58 bits per heavy atom. The number of amides is 2. The molecule has 3 unspecified atom stereocenters. The van der Waals surface area contributed by atoms with E-state index in [9.17, 15) is 28.3 Å². The molecular formula is C28H31F2N3O5. The molecular weight excluding hydrogens is 496 g/mol. The summed E-state index contributed by atoms with van der Waals surface area (Å²) >= 11 is 0. The summed E-state index contributed by atoms with van der Waals surface area (Å²) in [5, 5.41) is 12.3. The van der Waals surface area contributed by atoms with Crippen LogP contribution < -0.4 is 5.32 Å². The van der Waals surface area contributed by atoms with Gasteiger partial charge < -0.3 is 25.0 Å². The Hall–Kier alpha value is -3.37. The van der Waals surface area contributed by atoms with Crippen molar-refractivity contribution in [2.24, 2.45) is 5.41 Å². The lowest BCUT2D eigenvalue weighted by molar-refractivity contribution is -0.149. The number of carbonyl (C=O) groups is 3. The molecule has 1 saturated heterocycles. The van der Waals surface area contributed by atoms with E-state index >= 15 is 0 Å². The number of hydrogen-bond donors (Lipinski definition) is 2. The van der Waals surface area contributed by atoms with E-state index in [1.165, 1.54) is 29.2 Å². The summed E-state index contributed by atoms with van der Waals surface area (Å²) in [6.45, 7) is 1.46. The molecule has 0 bridgehead atoms. The van der Waals surface area contributed by atoms with Crippen LogP contribution in [0.15, 0.2) is 42.5 Å². The van der Waals surface area contributed by atoms with Crippen molar-refractivity contribution < 1.29 is 33.0 Å². The van der Waals surface area contributed by atoms with Gasteiger partial charge in [-0.2, -0.15) is 8.78 Å². The number of hydrogen-bond acceptors (Lipinski definition) is 5. The summed E-state index contributed by atoms with van der Waals surface area (Å²) < 4.78 is 35.4. The summed E-state index contributed by atoms with van der Waals surface area (Å²) in [5.74, 6) is -5.31. The Bertz CT molecular complexity index is 1280. The molecule has 8 nitrogen and oxygen atoms in total. The van der Waals surface area contributed by atoms with Crippen molar-refractivity contribution in [2.45, 2.75) is 37.3 Å². The van der Waals surface area contributed by atoms with E-state index in [1.807, 2.05) is 14.1 Å². The molecule has 1 aliphatic heterocycles. The van der Waals surface area contributed by atoms with Crippen LogP contribution in [0.5, 0.6) is 0 Å². The maximum absolute atomic E-state index is 14.8. The first kappa shape index (κ1) is 26.2. The average Bonchev–Trinajstić information content (AvgIpc) is 3.40. The average molecular weight is 528 g/mol. The van der Waals surface area contributed by atoms with E-state index in [-0.39, 0.29) is 40.3 Å². The molecule has 2 amide bonds. The van der Waals surface area contributed by atoms with Gasteiger partial charge in [0.25, 0.3) is 11.8 Å². The molecule has 0 radical (unpaired) electrons. The monoisotopic (exact) mass is 527 g/mol. The minimum Gasteiger partial charge on any atom is -0.480 e. The number of carbonyl (C=O) groups excluding carboxylic acids is 2. The predicted molar refractivity (Wildman–Crippen MR) is 135 cm³/mol. The zero-order chi connectivity index (χ0) is 27.2. The smallest absolute Gasteiger partial charge is 0.326 e. The maximum atomic E-state index is 14.8. The molecule has 0 aromatic heterocycles. The lowest BCUT2D eigenvalue weighted by atomic mass is 10.0. The number of aliphatic carboxylic acids is 1. The van der Waals surface area contributed by atoms with Gasteiger partial charge in [-0.15, -0.1) is 0 Å². The summed E-state index contributed by atoms with van der Waals surface area (Å²) in [7, 11) is 3.96. The molecule has 10 heteroatoms. The first-order chi connectivity index (χ1) is 18.0. The van der Waals surface area contributed by atoms with Crippen LogP contribution in [-0.2, 0) is 20.2 Å². The number of piperidine rings is 1. The fourth-order valence-corrected chi connectivity index (χ4v) is 5.83. The first-order valence-corrected chi connectivity index (χ1v) is 12.7. The minimum absolute atomic E-state index is 0.105. The summed E-state index contributed by atoms with van der Waals surface area (Å²) in [5.41, 5.74) is 0.163. The normalized spacial score (nSPS) is 24.1. The number of rotatable bonds is 10. The van der Waals surface area contributed by atoms with Crippen molar-refractivity contribution >= 4 is 17.8 Å². The zero-order valence-corrected chi connectivity index (χ0v) is 21.4. The van der Waals surface area contributed by atoms with Gasteiger partial charge in [0.05, 0.1) is 13.2 Å². The number of alkyl halides is 2. The maximum Gasteiger partial charge on any atom is 0.326 e. The highest BCUT2D eigenvalue weighted by atomic mass is 19.3. The number of fused-ring (bicyclic) bond motifs is 4. The highest BCUT2D eigenvalue weighted by molar-refractivity contribution is 5.99. The Balaban J connectivity index is 1.22. The van der Waals surface area contributed by atoms with E-state index in [2.05, 4.69) is 10.2 Å². The highest BCUT2D eigenvalue weighted by Crippen LogP contribution is 2.59. The standard InChI is InChI=1S/C28H31F2N3O5/c1-32(2)10-5-11-38-16-27-13-22(26(36)37)33(23(27)14-27)24(34)15-31-25(35)17-8-9-21-19(12-17)18-6-3-4-7-20(18)28(21,29)30/h3-4,6-9,12,22-23H,5,10-11,13-16H2,1-2H3,(H,31,35)(H,36,37). The number of nitrogens with zero attached hydrogens (tertiary/aromatic N) is 2. The third-order valence-electron chi connectivity index (χ3n) is 7.85. The number of benzene rings is 2. The second-order valence-electron chi connectivity index (χ2n) is 10.7. The van der Waals surface area contributed by atoms with Gasteiger partial charge in [0, 0.05) is 34.8 Å². The van der Waals surface area contributed by atoms with E-state index in [0.717, 1.165) is 13.0 Å². The second kappa shape index (κ2) is 9.74. The van der Waals surface area contributed by atoms with Crippen LogP contribution >= 0.6 is 0 Å².